The third kappa shape index (κ3) is 5.78. The topological polar surface area (TPSA) is 41.6 Å². The van der Waals surface area contributed by atoms with Crippen LogP contribution in [0.2, 0.25) is 0 Å². The van der Waals surface area contributed by atoms with Gasteiger partial charge in [0.05, 0.1) is 6.61 Å². The van der Waals surface area contributed by atoms with Crippen molar-refractivity contribution < 1.29 is 9.53 Å². The van der Waals surface area contributed by atoms with E-state index in [0.717, 1.165) is 32.5 Å². The van der Waals surface area contributed by atoms with Crippen LogP contribution < -0.4 is 5.32 Å². The van der Waals surface area contributed by atoms with Gasteiger partial charge < -0.3 is 15.0 Å². The van der Waals surface area contributed by atoms with Crippen LogP contribution in [-0.2, 0) is 16.1 Å². The maximum Gasteiger partial charge on any atom is 0.305 e. The van der Waals surface area contributed by atoms with Gasteiger partial charge in [-0.2, -0.15) is 0 Å². The number of hydrogen-bond donors (Lipinski definition) is 1. The zero-order chi connectivity index (χ0) is 15.8. The SMILES string of the molecule is CCOC(=O)CCC1CC(NCc2ccccc2)CN(C)C1. The van der Waals surface area contributed by atoms with Crippen LogP contribution in [0.1, 0.15) is 31.7 Å². The van der Waals surface area contributed by atoms with Gasteiger partial charge in [0.1, 0.15) is 0 Å². The van der Waals surface area contributed by atoms with E-state index in [1.165, 1.54) is 5.56 Å². The van der Waals surface area contributed by atoms with E-state index in [1.807, 2.05) is 13.0 Å². The maximum absolute atomic E-state index is 11.5. The van der Waals surface area contributed by atoms with Crippen LogP contribution in [0, 0.1) is 5.92 Å². The summed E-state index contributed by atoms with van der Waals surface area (Å²) in [4.78, 5) is 13.9. The first-order valence-electron chi connectivity index (χ1n) is 8.28. The lowest BCUT2D eigenvalue weighted by atomic mass is 9.90. The van der Waals surface area contributed by atoms with Crippen LogP contribution in [-0.4, -0.2) is 43.7 Å². The van der Waals surface area contributed by atoms with Crippen LogP contribution in [0.3, 0.4) is 0 Å². The number of likely N-dealkylation sites (N-methyl/N-ethyl adjacent to an activating group) is 1. The van der Waals surface area contributed by atoms with Crippen molar-refractivity contribution in [1.29, 1.82) is 0 Å². The summed E-state index contributed by atoms with van der Waals surface area (Å²) >= 11 is 0. The quantitative estimate of drug-likeness (QED) is 0.786. The lowest BCUT2D eigenvalue weighted by Crippen LogP contribution is -2.47. The molecular formula is C18H28N2O2. The number of carbonyl (C=O) groups is 1. The van der Waals surface area contributed by atoms with Crippen molar-refractivity contribution in [2.24, 2.45) is 5.92 Å². The molecule has 0 aromatic heterocycles. The van der Waals surface area contributed by atoms with E-state index in [4.69, 9.17) is 4.74 Å². The summed E-state index contributed by atoms with van der Waals surface area (Å²) in [6.07, 6.45) is 2.60. The predicted molar refractivity (Wildman–Crippen MR) is 88.5 cm³/mol. The molecule has 0 bridgehead atoms. The first-order chi connectivity index (χ1) is 10.7. The van der Waals surface area contributed by atoms with Crippen LogP contribution in [0.25, 0.3) is 0 Å². The van der Waals surface area contributed by atoms with Crippen LogP contribution in [0.5, 0.6) is 0 Å². The van der Waals surface area contributed by atoms with E-state index in [0.29, 0.717) is 25.0 Å². The molecule has 0 amide bonds. The monoisotopic (exact) mass is 304 g/mol. The Morgan fingerprint density at radius 1 is 1.32 bits per heavy atom. The van der Waals surface area contributed by atoms with Crippen molar-refractivity contribution in [3.05, 3.63) is 35.9 Å². The average Bonchev–Trinajstić information content (AvgIpc) is 2.52. The van der Waals surface area contributed by atoms with Gasteiger partial charge in [-0.05, 0) is 38.3 Å². The fraction of sp³-hybridized carbons (Fsp3) is 0.611. The Bertz CT molecular complexity index is 450. The normalized spacial score (nSPS) is 22.5. The van der Waals surface area contributed by atoms with Crippen molar-refractivity contribution in [2.45, 2.75) is 38.8 Å². The molecule has 1 fully saturated rings. The summed E-state index contributed by atoms with van der Waals surface area (Å²) in [7, 11) is 2.16. The molecule has 1 N–H and O–H groups in total. The van der Waals surface area contributed by atoms with Gasteiger partial charge in [-0.15, -0.1) is 0 Å². The summed E-state index contributed by atoms with van der Waals surface area (Å²) in [6.45, 7) is 5.39. The van der Waals surface area contributed by atoms with E-state index in [2.05, 4.69) is 41.5 Å². The number of piperidine rings is 1. The average molecular weight is 304 g/mol. The number of carbonyl (C=O) groups excluding carboxylic acids is 1. The Morgan fingerprint density at radius 3 is 2.82 bits per heavy atom. The largest absolute Gasteiger partial charge is 0.466 e. The highest BCUT2D eigenvalue weighted by Crippen LogP contribution is 2.21. The van der Waals surface area contributed by atoms with Crippen molar-refractivity contribution in [2.75, 3.05) is 26.7 Å². The number of hydrogen-bond acceptors (Lipinski definition) is 4. The van der Waals surface area contributed by atoms with Crippen LogP contribution >= 0.6 is 0 Å². The highest BCUT2D eigenvalue weighted by molar-refractivity contribution is 5.69. The molecule has 1 aliphatic rings. The molecule has 1 aromatic carbocycles. The molecule has 122 valence electrons. The molecule has 2 atom stereocenters. The van der Waals surface area contributed by atoms with E-state index in [1.54, 1.807) is 0 Å². The van der Waals surface area contributed by atoms with Gasteiger partial charge in [-0.1, -0.05) is 30.3 Å². The summed E-state index contributed by atoms with van der Waals surface area (Å²) in [6, 6.07) is 11.0. The maximum atomic E-state index is 11.5. The zero-order valence-corrected chi connectivity index (χ0v) is 13.8. The number of likely N-dealkylation sites (tertiary alicyclic amines) is 1. The van der Waals surface area contributed by atoms with Gasteiger partial charge in [-0.3, -0.25) is 4.79 Å². The van der Waals surface area contributed by atoms with Gasteiger partial charge >= 0.3 is 5.97 Å². The standard InChI is InChI=1S/C18H28N2O2/c1-3-22-18(21)10-9-16-11-17(14-20(2)13-16)19-12-15-7-5-4-6-8-15/h4-8,16-17,19H,3,9-14H2,1-2H3. The second-order valence-corrected chi connectivity index (χ2v) is 6.23. The molecule has 1 aromatic rings. The first-order valence-corrected chi connectivity index (χ1v) is 8.28. The Balaban J connectivity index is 1.76. The van der Waals surface area contributed by atoms with Crippen LogP contribution in [0.15, 0.2) is 30.3 Å². The second-order valence-electron chi connectivity index (χ2n) is 6.23. The highest BCUT2D eigenvalue weighted by Gasteiger charge is 2.25. The van der Waals surface area contributed by atoms with Gasteiger partial charge in [-0.25, -0.2) is 0 Å². The molecule has 1 saturated heterocycles. The molecule has 4 heteroatoms. The fourth-order valence-corrected chi connectivity index (χ4v) is 3.21. The zero-order valence-electron chi connectivity index (χ0n) is 13.8. The third-order valence-electron chi connectivity index (χ3n) is 4.22. The Labute approximate surface area is 133 Å². The molecular weight excluding hydrogens is 276 g/mol. The number of nitrogens with zero attached hydrogens (tertiary/aromatic N) is 1. The Kier molecular flexibility index (Phi) is 6.87. The molecule has 0 radical (unpaired) electrons. The van der Waals surface area contributed by atoms with Gasteiger partial charge in [0.2, 0.25) is 0 Å². The number of esters is 1. The smallest absolute Gasteiger partial charge is 0.305 e. The number of rotatable bonds is 7. The van der Waals surface area contributed by atoms with Gasteiger partial charge in [0.15, 0.2) is 0 Å². The molecule has 0 aliphatic carbocycles. The molecule has 4 nitrogen and oxygen atoms in total. The molecule has 22 heavy (non-hydrogen) atoms. The van der Waals surface area contributed by atoms with Crippen LogP contribution in [0.4, 0.5) is 0 Å². The minimum absolute atomic E-state index is 0.0653. The number of ether oxygens (including phenoxy) is 1. The second kappa shape index (κ2) is 8.91. The van der Waals surface area contributed by atoms with E-state index < -0.39 is 0 Å². The molecule has 1 aliphatic heterocycles. The van der Waals surface area contributed by atoms with Crippen molar-refractivity contribution >= 4 is 5.97 Å². The van der Waals surface area contributed by atoms with Crippen molar-refractivity contribution in [3.8, 4) is 0 Å². The van der Waals surface area contributed by atoms with E-state index in [9.17, 15) is 4.79 Å². The molecule has 1 heterocycles. The van der Waals surface area contributed by atoms with E-state index in [-0.39, 0.29) is 5.97 Å². The lowest BCUT2D eigenvalue weighted by molar-refractivity contribution is -0.143. The number of nitrogens with one attached hydrogen (secondary N) is 1. The third-order valence-corrected chi connectivity index (χ3v) is 4.22. The molecule has 2 rings (SSSR count). The Morgan fingerprint density at radius 2 is 2.09 bits per heavy atom. The first kappa shape index (κ1) is 17.0. The highest BCUT2D eigenvalue weighted by atomic mass is 16.5. The molecule has 0 spiro atoms. The summed E-state index contributed by atoms with van der Waals surface area (Å²) in [5, 5.41) is 3.65. The summed E-state index contributed by atoms with van der Waals surface area (Å²) in [5.41, 5.74) is 1.32. The fourth-order valence-electron chi connectivity index (χ4n) is 3.21. The Hall–Kier alpha value is -1.39. The number of benzene rings is 1. The van der Waals surface area contributed by atoms with Crippen molar-refractivity contribution in [3.63, 3.8) is 0 Å². The minimum atomic E-state index is -0.0653. The van der Waals surface area contributed by atoms with Crippen molar-refractivity contribution in [1.82, 2.24) is 10.2 Å². The minimum Gasteiger partial charge on any atom is -0.466 e. The summed E-state index contributed by atoms with van der Waals surface area (Å²) < 4.78 is 5.02. The van der Waals surface area contributed by atoms with Gasteiger partial charge in [0.25, 0.3) is 0 Å². The molecule has 2 unspecified atom stereocenters. The molecule has 0 saturated carbocycles. The summed E-state index contributed by atoms with van der Waals surface area (Å²) in [5.74, 6) is 0.501. The predicted octanol–water partition coefficient (Wildman–Crippen LogP) is 2.44. The van der Waals surface area contributed by atoms with Gasteiger partial charge in [0, 0.05) is 32.1 Å². The van der Waals surface area contributed by atoms with E-state index >= 15 is 0 Å². The lowest BCUT2D eigenvalue weighted by Gasteiger charge is -2.36.